The molecule has 6 heteroatoms. The third-order valence-corrected chi connectivity index (χ3v) is 6.07. The molecule has 2 fully saturated rings. The summed E-state index contributed by atoms with van der Waals surface area (Å²) in [4.78, 5) is 13.4. The zero-order valence-corrected chi connectivity index (χ0v) is 14.7. The number of hydrogen-bond acceptors (Lipinski definition) is 5. The van der Waals surface area contributed by atoms with Crippen molar-refractivity contribution in [3.63, 3.8) is 0 Å². The van der Waals surface area contributed by atoms with Crippen molar-refractivity contribution in [2.24, 2.45) is 5.41 Å². The van der Waals surface area contributed by atoms with E-state index in [1.165, 1.54) is 11.3 Å². The van der Waals surface area contributed by atoms with Gasteiger partial charge in [-0.3, -0.25) is 4.79 Å². The summed E-state index contributed by atoms with van der Waals surface area (Å²) in [5, 5.41) is 1.97. The molecule has 120 valence electrons. The van der Waals surface area contributed by atoms with Crippen molar-refractivity contribution >= 4 is 29.7 Å². The van der Waals surface area contributed by atoms with E-state index < -0.39 is 7.12 Å². The lowest BCUT2D eigenvalue weighted by molar-refractivity contribution is 0.00578. The normalized spacial score (nSPS) is 24.5. The third kappa shape index (κ3) is 2.56. The lowest BCUT2D eigenvalue weighted by Crippen LogP contribution is -2.41. The van der Waals surface area contributed by atoms with Crippen LogP contribution in [0.3, 0.4) is 0 Å². The van der Waals surface area contributed by atoms with Gasteiger partial charge in [-0.05, 0) is 57.4 Å². The maximum Gasteiger partial charge on any atom is 0.495 e. The number of rotatable bonds is 5. The molecule has 1 saturated carbocycles. The summed E-state index contributed by atoms with van der Waals surface area (Å²) in [6.45, 7) is 8.63. The van der Waals surface area contributed by atoms with Crippen LogP contribution >= 0.6 is 11.3 Å². The van der Waals surface area contributed by atoms with Gasteiger partial charge in [0.05, 0.1) is 28.1 Å². The van der Waals surface area contributed by atoms with E-state index in [9.17, 15) is 4.79 Å². The molecule has 4 nitrogen and oxygen atoms in total. The van der Waals surface area contributed by atoms with Gasteiger partial charge in [0.25, 0.3) is 0 Å². The van der Waals surface area contributed by atoms with Crippen molar-refractivity contribution in [1.82, 2.24) is 0 Å². The molecule has 3 rings (SSSR count). The SMILES string of the molecule is COCC1(C(=O)c2cc(B3OC(C)(C)C(C)(C)O3)cs2)CC1. The highest BCUT2D eigenvalue weighted by Gasteiger charge is 2.53. The summed E-state index contributed by atoms with van der Waals surface area (Å²) in [5.41, 5.74) is -0.0813. The Hall–Kier alpha value is -0.685. The number of methoxy groups -OCH3 is 1. The maximum atomic E-state index is 12.7. The smallest absolute Gasteiger partial charge is 0.399 e. The highest BCUT2D eigenvalue weighted by molar-refractivity contribution is 7.13. The molecule has 1 aliphatic heterocycles. The van der Waals surface area contributed by atoms with Gasteiger partial charge in [-0.2, -0.15) is 0 Å². The molecule has 0 N–H and O–H groups in total. The second kappa shape index (κ2) is 5.16. The number of carbonyl (C=O) groups excluding carboxylic acids is 1. The third-order valence-electron chi connectivity index (χ3n) is 5.12. The fourth-order valence-corrected chi connectivity index (χ4v) is 3.67. The Labute approximate surface area is 136 Å². The lowest BCUT2D eigenvalue weighted by Gasteiger charge is -2.32. The monoisotopic (exact) mass is 322 g/mol. The average molecular weight is 322 g/mol. The molecule has 0 aromatic carbocycles. The number of ketones is 1. The fraction of sp³-hybridized carbons (Fsp3) is 0.688. The number of Topliss-reactive ketones (excluding diaryl/α,β-unsaturated/α-hetero) is 1. The number of ether oxygens (including phenoxy) is 1. The van der Waals surface area contributed by atoms with Crippen LogP contribution in [0.4, 0.5) is 0 Å². The average Bonchev–Trinajstić information content (AvgIpc) is 2.96. The van der Waals surface area contributed by atoms with Gasteiger partial charge in [-0.25, -0.2) is 0 Å². The molecule has 22 heavy (non-hydrogen) atoms. The van der Waals surface area contributed by atoms with Gasteiger partial charge in [0.1, 0.15) is 0 Å². The Morgan fingerprint density at radius 2 is 1.86 bits per heavy atom. The van der Waals surface area contributed by atoms with Gasteiger partial charge in [0, 0.05) is 7.11 Å². The predicted octanol–water partition coefficient (Wildman–Crippen LogP) is 2.66. The van der Waals surface area contributed by atoms with Gasteiger partial charge in [0.15, 0.2) is 5.78 Å². The lowest BCUT2D eigenvalue weighted by atomic mass is 9.81. The van der Waals surface area contributed by atoms with Crippen LogP contribution in [0.2, 0.25) is 0 Å². The first-order chi connectivity index (χ1) is 10.2. The molecule has 0 spiro atoms. The molecule has 1 aromatic heterocycles. The second-order valence-corrected chi connectivity index (χ2v) is 8.29. The summed E-state index contributed by atoms with van der Waals surface area (Å²) in [5.74, 6) is 0.196. The number of carbonyl (C=O) groups is 1. The molecule has 1 aliphatic carbocycles. The van der Waals surface area contributed by atoms with Crippen LogP contribution < -0.4 is 5.46 Å². The van der Waals surface area contributed by atoms with Crippen LogP contribution in [-0.2, 0) is 14.0 Å². The van der Waals surface area contributed by atoms with Gasteiger partial charge >= 0.3 is 7.12 Å². The predicted molar refractivity (Wildman–Crippen MR) is 87.9 cm³/mol. The van der Waals surface area contributed by atoms with Crippen molar-refractivity contribution in [3.05, 3.63) is 16.3 Å². The van der Waals surface area contributed by atoms with E-state index >= 15 is 0 Å². The molecule has 2 heterocycles. The van der Waals surface area contributed by atoms with Crippen molar-refractivity contribution in [2.45, 2.75) is 51.7 Å². The topological polar surface area (TPSA) is 44.8 Å². The highest BCUT2D eigenvalue weighted by Crippen LogP contribution is 2.49. The summed E-state index contributed by atoms with van der Waals surface area (Å²) in [6, 6.07) is 1.92. The van der Waals surface area contributed by atoms with Crippen molar-refractivity contribution in [3.8, 4) is 0 Å². The zero-order chi connectivity index (χ0) is 16.2. The Morgan fingerprint density at radius 3 is 2.36 bits per heavy atom. The van der Waals surface area contributed by atoms with E-state index in [1.807, 2.05) is 39.1 Å². The Kier molecular flexibility index (Phi) is 3.80. The minimum absolute atomic E-state index is 0.196. The first kappa shape index (κ1) is 16.2. The molecule has 0 unspecified atom stereocenters. The molecule has 1 aromatic rings. The van der Waals surface area contributed by atoms with Crippen molar-refractivity contribution in [2.75, 3.05) is 13.7 Å². The fourth-order valence-electron chi connectivity index (χ4n) is 2.70. The van der Waals surface area contributed by atoms with E-state index in [-0.39, 0.29) is 22.4 Å². The molecular formula is C16H23BO4S. The summed E-state index contributed by atoms with van der Waals surface area (Å²) >= 11 is 1.47. The van der Waals surface area contributed by atoms with E-state index in [4.69, 9.17) is 14.0 Å². The molecular weight excluding hydrogens is 299 g/mol. The second-order valence-electron chi connectivity index (χ2n) is 7.38. The molecule has 0 atom stereocenters. The van der Waals surface area contributed by atoms with Gasteiger partial charge in [0.2, 0.25) is 0 Å². The Morgan fingerprint density at radius 1 is 1.27 bits per heavy atom. The largest absolute Gasteiger partial charge is 0.495 e. The Balaban J connectivity index is 1.77. The molecule has 2 aliphatic rings. The molecule has 0 radical (unpaired) electrons. The van der Waals surface area contributed by atoms with Crippen LogP contribution in [0.5, 0.6) is 0 Å². The maximum absolute atomic E-state index is 12.7. The first-order valence-electron chi connectivity index (χ1n) is 7.69. The van der Waals surface area contributed by atoms with Crippen LogP contribution in [0.15, 0.2) is 11.4 Å². The molecule has 1 saturated heterocycles. The van der Waals surface area contributed by atoms with E-state index in [0.717, 1.165) is 23.2 Å². The summed E-state index contributed by atoms with van der Waals surface area (Å²) in [7, 11) is 1.25. The number of hydrogen-bond donors (Lipinski definition) is 0. The van der Waals surface area contributed by atoms with E-state index in [0.29, 0.717) is 6.61 Å². The summed E-state index contributed by atoms with van der Waals surface area (Å²) in [6.07, 6.45) is 1.84. The van der Waals surface area contributed by atoms with Gasteiger partial charge < -0.3 is 14.0 Å². The Bertz CT molecular complexity index is 573. The zero-order valence-electron chi connectivity index (χ0n) is 13.9. The summed E-state index contributed by atoms with van der Waals surface area (Å²) < 4.78 is 17.3. The highest BCUT2D eigenvalue weighted by atomic mass is 32.1. The van der Waals surface area contributed by atoms with Gasteiger partial charge in [-0.15, -0.1) is 11.3 Å². The first-order valence-corrected chi connectivity index (χ1v) is 8.57. The quantitative estimate of drug-likeness (QED) is 0.617. The minimum atomic E-state index is -0.402. The molecule has 0 bridgehead atoms. The van der Waals surface area contributed by atoms with Gasteiger partial charge in [-0.1, -0.05) is 0 Å². The minimum Gasteiger partial charge on any atom is -0.399 e. The van der Waals surface area contributed by atoms with Crippen LogP contribution in [0.1, 0.15) is 50.2 Å². The van der Waals surface area contributed by atoms with E-state index in [2.05, 4.69) is 0 Å². The van der Waals surface area contributed by atoms with Crippen molar-refractivity contribution < 1.29 is 18.8 Å². The van der Waals surface area contributed by atoms with Crippen LogP contribution in [-0.4, -0.2) is 37.8 Å². The number of thiophene rings is 1. The standard InChI is InChI=1S/C16H23BO4S/c1-14(2)15(3,4)21-17(20-14)11-8-12(22-9-11)13(18)16(6-7-16)10-19-5/h8-9H,6-7,10H2,1-5H3. The van der Waals surface area contributed by atoms with Crippen LogP contribution in [0, 0.1) is 5.41 Å². The van der Waals surface area contributed by atoms with Crippen LogP contribution in [0.25, 0.3) is 0 Å². The molecule has 0 amide bonds. The van der Waals surface area contributed by atoms with Crippen molar-refractivity contribution in [1.29, 1.82) is 0 Å². The van der Waals surface area contributed by atoms with E-state index in [1.54, 1.807) is 7.11 Å².